The quantitative estimate of drug-likeness (QED) is 0.801. The fraction of sp³-hybridized carbons (Fsp3) is 0.529. The summed E-state index contributed by atoms with van der Waals surface area (Å²) in [4.78, 5) is 3.66. The van der Waals surface area contributed by atoms with Crippen LogP contribution in [0.25, 0.3) is 0 Å². The molecule has 4 nitrogen and oxygen atoms in total. The lowest BCUT2D eigenvalue weighted by molar-refractivity contribution is 0.269. The van der Waals surface area contributed by atoms with Gasteiger partial charge in [-0.2, -0.15) is 4.37 Å². The Morgan fingerprint density at radius 3 is 3.17 bits per heavy atom. The third-order valence-electron chi connectivity index (χ3n) is 4.74. The van der Waals surface area contributed by atoms with E-state index in [0.29, 0.717) is 18.4 Å². The van der Waals surface area contributed by atoms with Crippen molar-refractivity contribution >= 4 is 23.1 Å². The van der Waals surface area contributed by atoms with E-state index in [-0.39, 0.29) is 0 Å². The van der Waals surface area contributed by atoms with Gasteiger partial charge in [0.05, 0.1) is 16.6 Å². The molecule has 120 valence electrons. The van der Waals surface area contributed by atoms with Crippen LogP contribution in [-0.4, -0.2) is 39.9 Å². The number of thiophene rings is 1. The fourth-order valence-electron chi connectivity index (χ4n) is 3.56. The van der Waals surface area contributed by atoms with Crippen LogP contribution in [0.4, 0.5) is 0 Å². The first-order valence-electron chi connectivity index (χ1n) is 8.02. The van der Waals surface area contributed by atoms with Crippen LogP contribution >= 0.6 is 23.1 Å². The van der Waals surface area contributed by atoms with Crippen molar-refractivity contribution in [1.29, 1.82) is 0 Å². The van der Waals surface area contributed by atoms with Gasteiger partial charge in [0.2, 0.25) is 5.88 Å². The van der Waals surface area contributed by atoms with E-state index in [9.17, 15) is 0 Å². The van der Waals surface area contributed by atoms with Crippen molar-refractivity contribution in [3.05, 3.63) is 27.6 Å². The van der Waals surface area contributed by atoms with Gasteiger partial charge in [0, 0.05) is 19.0 Å². The molecular weight excluding hydrogens is 326 g/mol. The van der Waals surface area contributed by atoms with Crippen LogP contribution in [0, 0.1) is 24.7 Å². The number of ether oxygens (including phenoxy) is 1. The summed E-state index contributed by atoms with van der Waals surface area (Å²) in [6, 6.07) is 2.09. The zero-order valence-electron chi connectivity index (χ0n) is 13.1. The first-order valence-corrected chi connectivity index (χ1v) is 9.63. The van der Waals surface area contributed by atoms with E-state index in [1.165, 1.54) is 43.2 Å². The van der Waals surface area contributed by atoms with Gasteiger partial charge in [0.15, 0.2) is 6.61 Å². The van der Waals surface area contributed by atoms with Gasteiger partial charge in [0.25, 0.3) is 0 Å². The molecule has 0 saturated carbocycles. The van der Waals surface area contributed by atoms with Gasteiger partial charge in [-0.15, -0.1) is 15.7 Å². The van der Waals surface area contributed by atoms with Gasteiger partial charge in [-0.05, 0) is 49.2 Å². The van der Waals surface area contributed by atoms with Crippen LogP contribution in [0.3, 0.4) is 0 Å². The predicted octanol–water partition coefficient (Wildman–Crippen LogP) is 3.15. The molecular formula is C17H19N3OS2. The molecule has 1 unspecified atom stereocenters. The van der Waals surface area contributed by atoms with E-state index in [1.807, 2.05) is 0 Å². The second-order valence-electron chi connectivity index (χ2n) is 6.25. The largest absolute Gasteiger partial charge is 0.463 e. The Morgan fingerprint density at radius 1 is 1.39 bits per heavy atom. The molecule has 0 N–H and O–H groups in total. The first kappa shape index (κ1) is 15.1. The molecule has 4 heterocycles. The van der Waals surface area contributed by atoms with Crippen LogP contribution in [-0.2, 0) is 0 Å². The highest BCUT2D eigenvalue weighted by Gasteiger charge is 2.39. The number of hydrogen-bond donors (Lipinski definition) is 0. The summed E-state index contributed by atoms with van der Waals surface area (Å²) in [5.74, 6) is 8.17. The smallest absolute Gasteiger partial charge is 0.250 e. The second-order valence-corrected chi connectivity index (χ2v) is 7.69. The van der Waals surface area contributed by atoms with Crippen LogP contribution in [0.5, 0.6) is 5.88 Å². The number of aromatic nitrogens is 2. The molecule has 2 aromatic rings. The van der Waals surface area contributed by atoms with Crippen LogP contribution in [0.1, 0.15) is 34.9 Å². The number of rotatable bonds is 3. The molecule has 2 fully saturated rings. The highest BCUT2D eigenvalue weighted by atomic mass is 32.1. The maximum atomic E-state index is 5.83. The van der Waals surface area contributed by atoms with Crippen LogP contribution < -0.4 is 4.74 Å². The number of aryl methyl sites for hydroxylation is 1. The minimum absolute atomic E-state index is 0.372. The SMILES string of the molecule is Cc1ccsc1C#CCOc1nsnc1[C@H]1CN2CCC[C@@H]1C2. The minimum atomic E-state index is 0.372. The Labute approximate surface area is 144 Å². The Bertz CT molecular complexity index is 742. The molecule has 0 spiro atoms. The summed E-state index contributed by atoms with van der Waals surface area (Å²) < 4.78 is 14.7. The summed E-state index contributed by atoms with van der Waals surface area (Å²) >= 11 is 2.93. The van der Waals surface area contributed by atoms with E-state index < -0.39 is 0 Å². The van der Waals surface area contributed by atoms with Crippen molar-refractivity contribution in [3.63, 3.8) is 0 Å². The Morgan fingerprint density at radius 2 is 2.35 bits per heavy atom. The zero-order valence-corrected chi connectivity index (χ0v) is 14.8. The molecule has 2 aliphatic rings. The molecule has 3 atom stereocenters. The van der Waals surface area contributed by atoms with Gasteiger partial charge in [-0.25, -0.2) is 0 Å². The maximum absolute atomic E-state index is 5.83. The summed E-state index contributed by atoms with van der Waals surface area (Å²) in [6.07, 6.45) is 2.61. The van der Waals surface area contributed by atoms with E-state index in [0.717, 1.165) is 23.0 Å². The molecule has 2 saturated heterocycles. The number of piperidine rings is 1. The molecule has 2 aliphatic heterocycles. The fourth-order valence-corrected chi connectivity index (χ4v) is 4.91. The van der Waals surface area contributed by atoms with Gasteiger partial charge >= 0.3 is 0 Å². The monoisotopic (exact) mass is 345 g/mol. The summed E-state index contributed by atoms with van der Waals surface area (Å²) in [6.45, 7) is 5.99. The molecule has 6 heteroatoms. The van der Waals surface area contributed by atoms with E-state index in [1.54, 1.807) is 11.3 Å². The van der Waals surface area contributed by atoms with Crippen molar-refractivity contribution < 1.29 is 4.74 Å². The minimum Gasteiger partial charge on any atom is -0.463 e. The van der Waals surface area contributed by atoms with Crippen LogP contribution in [0.2, 0.25) is 0 Å². The Hall–Kier alpha value is -1.42. The zero-order chi connectivity index (χ0) is 15.6. The van der Waals surface area contributed by atoms with Gasteiger partial charge in [-0.3, -0.25) is 0 Å². The normalized spacial score (nSPS) is 25.9. The molecule has 0 aliphatic carbocycles. The number of nitrogens with zero attached hydrogens (tertiary/aromatic N) is 3. The lowest BCUT2D eigenvalue weighted by Crippen LogP contribution is -2.25. The van der Waals surface area contributed by atoms with Crippen molar-refractivity contribution in [2.75, 3.05) is 26.2 Å². The number of fused-ring (bicyclic) bond motifs is 2. The van der Waals surface area contributed by atoms with Crippen molar-refractivity contribution in [1.82, 2.24) is 13.6 Å². The highest BCUT2D eigenvalue weighted by molar-refractivity contribution is 7.10. The lowest BCUT2D eigenvalue weighted by atomic mass is 9.89. The summed E-state index contributed by atoms with van der Waals surface area (Å²) in [5, 5.41) is 2.07. The average molecular weight is 345 g/mol. The molecule has 0 radical (unpaired) electrons. The second kappa shape index (κ2) is 6.60. The molecule has 2 bridgehead atoms. The molecule has 0 amide bonds. The van der Waals surface area contributed by atoms with E-state index in [2.05, 4.69) is 43.9 Å². The van der Waals surface area contributed by atoms with E-state index in [4.69, 9.17) is 4.74 Å². The highest BCUT2D eigenvalue weighted by Crippen LogP contribution is 2.40. The topological polar surface area (TPSA) is 38.3 Å². The van der Waals surface area contributed by atoms with E-state index >= 15 is 0 Å². The maximum Gasteiger partial charge on any atom is 0.250 e. The van der Waals surface area contributed by atoms with Gasteiger partial charge in [0.1, 0.15) is 5.69 Å². The average Bonchev–Trinajstić information content (AvgIpc) is 3.24. The molecule has 2 aromatic heterocycles. The summed E-state index contributed by atoms with van der Waals surface area (Å²) in [5.41, 5.74) is 2.28. The standard InChI is InChI=1S/C17H19N3OS2/c1-12-6-9-22-15(12)5-3-8-21-17-16(18-23-19-17)14-11-20-7-2-4-13(14)10-20/h6,9,13-14H,2,4,7-8,10-11H2,1H3/t13-,14+/m1/s1. The lowest BCUT2D eigenvalue weighted by Gasteiger charge is -2.21. The third kappa shape index (κ3) is 3.14. The molecule has 4 rings (SSSR count). The van der Waals surface area contributed by atoms with Gasteiger partial charge < -0.3 is 9.64 Å². The number of hydrogen-bond acceptors (Lipinski definition) is 6. The third-order valence-corrected chi connectivity index (χ3v) is 6.20. The van der Waals surface area contributed by atoms with Crippen molar-refractivity contribution in [2.45, 2.75) is 25.7 Å². The van der Waals surface area contributed by atoms with Crippen LogP contribution in [0.15, 0.2) is 11.4 Å². The molecule has 23 heavy (non-hydrogen) atoms. The van der Waals surface area contributed by atoms with Gasteiger partial charge in [-0.1, -0.05) is 11.8 Å². The Kier molecular flexibility index (Phi) is 4.34. The van der Waals surface area contributed by atoms with Crippen molar-refractivity contribution in [3.8, 4) is 17.7 Å². The summed E-state index contributed by atoms with van der Waals surface area (Å²) in [7, 11) is 0. The predicted molar refractivity (Wildman–Crippen MR) is 93.2 cm³/mol. The Balaban J connectivity index is 1.42. The molecule has 0 aromatic carbocycles. The first-order chi connectivity index (χ1) is 11.3. The van der Waals surface area contributed by atoms with Crippen molar-refractivity contribution in [2.24, 2.45) is 5.92 Å².